The van der Waals surface area contributed by atoms with Gasteiger partial charge in [-0.15, -0.1) is 0 Å². The highest BCUT2D eigenvalue weighted by molar-refractivity contribution is 5.23. The average molecular weight is 219 g/mol. The zero-order valence-electron chi connectivity index (χ0n) is 10.9. The van der Waals surface area contributed by atoms with Gasteiger partial charge in [-0.25, -0.2) is 0 Å². The van der Waals surface area contributed by atoms with E-state index in [0.29, 0.717) is 6.04 Å². The lowest BCUT2D eigenvalue weighted by atomic mass is 10.1. The fourth-order valence-corrected chi connectivity index (χ4v) is 1.84. The van der Waals surface area contributed by atoms with Gasteiger partial charge in [0, 0.05) is 6.04 Å². The number of rotatable bonds is 7. The summed E-state index contributed by atoms with van der Waals surface area (Å²) >= 11 is 0. The number of hydrogen-bond acceptors (Lipinski definition) is 1. The molecule has 0 aromatic heterocycles. The fraction of sp³-hybridized carbons (Fsp3) is 0.600. The van der Waals surface area contributed by atoms with Crippen molar-refractivity contribution >= 4 is 0 Å². The molecule has 1 rings (SSSR count). The number of unbranched alkanes of at least 4 members (excludes halogenated alkanes) is 3. The first-order valence-corrected chi connectivity index (χ1v) is 6.54. The highest BCUT2D eigenvalue weighted by Gasteiger charge is 2.02. The Labute approximate surface area is 100 Å². The minimum absolute atomic E-state index is 0.474. The molecular weight excluding hydrogens is 194 g/mol. The Kier molecular flexibility index (Phi) is 6.17. The Bertz CT molecular complexity index is 276. The molecule has 0 heterocycles. The molecule has 0 saturated carbocycles. The van der Waals surface area contributed by atoms with Crippen molar-refractivity contribution in [3.8, 4) is 0 Å². The summed E-state index contributed by atoms with van der Waals surface area (Å²) in [5.74, 6) is 0. The maximum absolute atomic E-state index is 3.58. The summed E-state index contributed by atoms with van der Waals surface area (Å²) in [6.07, 6.45) is 5.32. The molecule has 0 aliphatic carbocycles. The molecule has 0 unspecified atom stereocenters. The second-order valence-corrected chi connectivity index (χ2v) is 4.65. The Hall–Kier alpha value is -0.820. The van der Waals surface area contributed by atoms with E-state index < -0.39 is 0 Å². The molecule has 0 bridgehead atoms. The Balaban J connectivity index is 2.24. The van der Waals surface area contributed by atoms with E-state index in [2.05, 4.69) is 50.4 Å². The van der Waals surface area contributed by atoms with E-state index in [1.54, 1.807) is 0 Å². The molecule has 90 valence electrons. The molecule has 1 heteroatoms. The Morgan fingerprint density at radius 1 is 1.06 bits per heavy atom. The molecule has 0 saturated heterocycles. The molecule has 1 aromatic carbocycles. The van der Waals surface area contributed by atoms with Crippen molar-refractivity contribution in [1.29, 1.82) is 0 Å². The van der Waals surface area contributed by atoms with E-state index in [4.69, 9.17) is 0 Å². The van der Waals surface area contributed by atoms with Crippen molar-refractivity contribution in [2.45, 2.75) is 52.5 Å². The standard InChI is InChI=1S/C15H25N/c1-4-5-6-7-12-16-14(3)15-10-8-13(2)9-11-15/h8-11,14,16H,4-7,12H2,1-3H3/t14-/m1/s1. The van der Waals surface area contributed by atoms with Gasteiger partial charge in [-0.05, 0) is 32.4 Å². The van der Waals surface area contributed by atoms with Gasteiger partial charge in [0.1, 0.15) is 0 Å². The van der Waals surface area contributed by atoms with E-state index in [1.807, 2.05) is 0 Å². The average Bonchev–Trinajstić information content (AvgIpc) is 2.29. The van der Waals surface area contributed by atoms with Gasteiger partial charge in [0.2, 0.25) is 0 Å². The van der Waals surface area contributed by atoms with Crippen LogP contribution in [0, 0.1) is 6.92 Å². The van der Waals surface area contributed by atoms with Crippen molar-refractivity contribution in [3.05, 3.63) is 35.4 Å². The van der Waals surface area contributed by atoms with Crippen LogP contribution in [0.25, 0.3) is 0 Å². The lowest BCUT2D eigenvalue weighted by Crippen LogP contribution is -2.19. The number of benzene rings is 1. The maximum atomic E-state index is 3.58. The smallest absolute Gasteiger partial charge is 0.0291 e. The Morgan fingerprint density at radius 3 is 2.38 bits per heavy atom. The van der Waals surface area contributed by atoms with E-state index in [1.165, 1.54) is 36.8 Å². The third-order valence-corrected chi connectivity index (χ3v) is 3.06. The van der Waals surface area contributed by atoms with Crippen LogP contribution in [0.1, 0.15) is 56.7 Å². The van der Waals surface area contributed by atoms with E-state index in [0.717, 1.165) is 6.54 Å². The molecule has 0 radical (unpaired) electrons. The number of aryl methyl sites for hydroxylation is 1. The highest BCUT2D eigenvalue weighted by Crippen LogP contribution is 2.13. The molecule has 1 aromatic rings. The van der Waals surface area contributed by atoms with Gasteiger partial charge in [-0.1, -0.05) is 56.0 Å². The minimum Gasteiger partial charge on any atom is -0.310 e. The van der Waals surface area contributed by atoms with Gasteiger partial charge in [0.25, 0.3) is 0 Å². The summed E-state index contributed by atoms with van der Waals surface area (Å²) in [5.41, 5.74) is 2.72. The molecule has 0 aliphatic heterocycles. The molecular formula is C15H25N. The van der Waals surface area contributed by atoms with Gasteiger partial charge in [-0.2, -0.15) is 0 Å². The summed E-state index contributed by atoms with van der Waals surface area (Å²) < 4.78 is 0. The summed E-state index contributed by atoms with van der Waals surface area (Å²) in [6, 6.07) is 9.29. The van der Waals surface area contributed by atoms with Crippen LogP contribution < -0.4 is 5.32 Å². The summed E-state index contributed by atoms with van der Waals surface area (Å²) in [5, 5.41) is 3.58. The van der Waals surface area contributed by atoms with E-state index in [9.17, 15) is 0 Å². The monoisotopic (exact) mass is 219 g/mol. The molecule has 0 spiro atoms. The fourth-order valence-electron chi connectivity index (χ4n) is 1.84. The minimum atomic E-state index is 0.474. The molecule has 1 atom stereocenters. The van der Waals surface area contributed by atoms with Crippen LogP contribution in [0.15, 0.2) is 24.3 Å². The van der Waals surface area contributed by atoms with Crippen molar-refractivity contribution < 1.29 is 0 Å². The Morgan fingerprint density at radius 2 is 1.75 bits per heavy atom. The van der Waals surface area contributed by atoms with Crippen LogP contribution in [0.3, 0.4) is 0 Å². The summed E-state index contributed by atoms with van der Waals surface area (Å²) in [6.45, 7) is 7.76. The quantitative estimate of drug-likeness (QED) is 0.677. The molecule has 16 heavy (non-hydrogen) atoms. The highest BCUT2D eigenvalue weighted by atomic mass is 14.9. The molecule has 0 aliphatic rings. The molecule has 1 N–H and O–H groups in total. The number of hydrogen-bond donors (Lipinski definition) is 1. The van der Waals surface area contributed by atoms with Crippen LogP contribution in [0.2, 0.25) is 0 Å². The first-order valence-electron chi connectivity index (χ1n) is 6.54. The van der Waals surface area contributed by atoms with Gasteiger partial charge in [0.05, 0.1) is 0 Å². The van der Waals surface area contributed by atoms with E-state index >= 15 is 0 Å². The van der Waals surface area contributed by atoms with Crippen LogP contribution in [-0.4, -0.2) is 6.54 Å². The lowest BCUT2D eigenvalue weighted by molar-refractivity contribution is 0.536. The largest absolute Gasteiger partial charge is 0.310 e. The normalized spacial score (nSPS) is 12.7. The third kappa shape index (κ3) is 4.80. The first kappa shape index (κ1) is 13.2. The maximum Gasteiger partial charge on any atom is 0.0291 e. The zero-order valence-corrected chi connectivity index (χ0v) is 10.9. The molecule has 0 amide bonds. The van der Waals surface area contributed by atoms with Crippen molar-refractivity contribution in [2.24, 2.45) is 0 Å². The van der Waals surface area contributed by atoms with Crippen LogP contribution >= 0.6 is 0 Å². The zero-order chi connectivity index (χ0) is 11.8. The molecule has 0 fully saturated rings. The van der Waals surface area contributed by atoms with Crippen LogP contribution in [-0.2, 0) is 0 Å². The molecule has 1 nitrogen and oxygen atoms in total. The second-order valence-electron chi connectivity index (χ2n) is 4.65. The van der Waals surface area contributed by atoms with Gasteiger partial charge >= 0.3 is 0 Å². The van der Waals surface area contributed by atoms with Crippen LogP contribution in [0.5, 0.6) is 0 Å². The van der Waals surface area contributed by atoms with Gasteiger partial charge < -0.3 is 5.32 Å². The van der Waals surface area contributed by atoms with Crippen molar-refractivity contribution in [2.75, 3.05) is 6.54 Å². The van der Waals surface area contributed by atoms with Gasteiger partial charge in [0.15, 0.2) is 0 Å². The topological polar surface area (TPSA) is 12.0 Å². The van der Waals surface area contributed by atoms with Crippen LogP contribution in [0.4, 0.5) is 0 Å². The first-order chi connectivity index (χ1) is 7.74. The van der Waals surface area contributed by atoms with Gasteiger partial charge in [-0.3, -0.25) is 0 Å². The summed E-state index contributed by atoms with van der Waals surface area (Å²) in [7, 11) is 0. The third-order valence-electron chi connectivity index (χ3n) is 3.06. The summed E-state index contributed by atoms with van der Waals surface area (Å²) in [4.78, 5) is 0. The predicted molar refractivity (Wildman–Crippen MR) is 71.7 cm³/mol. The van der Waals surface area contributed by atoms with E-state index in [-0.39, 0.29) is 0 Å². The number of nitrogens with one attached hydrogen (secondary N) is 1. The predicted octanol–water partition coefficient (Wildman–Crippen LogP) is 4.23. The lowest BCUT2D eigenvalue weighted by Gasteiger charge is -2.14. The van der Waals surface area contributed by atoms with Crippen molar-refractivity contribution in [3.63, 3.8) is 0 Å². The SMILES string of the molecule is CCCCCCN[C@H](C)c1ccc(C)cc1. The van der Waals surface area contributed by atoms with Crippen molar-refractivity contribution in [1.82, 2.24) is 5.32 Å². The second kappa shape index (κ2) is 7.45.